The maximum absolute atomic E-state index is 12.3. The minimum absolute atomic E-state index is 0.0695. The number of carbonyl (C=O) groups is 4. The molecule has 2 atom stereocenters. The summed E-state index contributed by atoms with van der Waals surface area (Å²) in [6, 6.07) is -1.56. The topological polar surface area (TPSA) is 116 Å². The minimum atomic E-state index is -1.10. The maximum atomic E-state index is 12.3. The number of aliphatic carboxylic acids is 1. The molecule has 1 heterocycles. The number of carboxylic acid groups (broad SMARTS) is 1. The van der Waals surface area contributed by atoms with Gasteiger partial charge in [-0.25, -0.2) is 4.79 Å². The highest BCUT2D eigenvalue weighted by Gasteiger charge is 2.34. The van der Waals surface area contributed by atoms with Gasteiger partial charge in [-0.2, -0.15) is 0 Å². The van der Waals surface area contributed by atoms with Crippen LogP contribution in [0.2, 0.25) is 0 Å². The molecular formula is C16H27N3O5S. The Kier molecular flexibility index (Phi) is 8.74. The summed E-state index contributed by atoms with van der Waals surface area (Å²) in [6.45, 7) is 5.32. The maximum Gasteiger partial charge on any atom is 0.326 e. The predicted octanol–water partition coefficient (Wildman–Crippen LogP) is 0.420. The van der Waals surface area contributed by atoms with Crippen molar-refractivity contribution in [1.82, 2.24) is 15.5 Å². The molecule has 0 radical (unpaired) electrons. The molecule has 1 rings (SSSR count). The number of rotatable bonds is 9. The van der Waals surface area contributed by atoms with Gasteiger partial charge in [0.05, 0.1) is 12.4 Å². The van der Waals surface area contributed by atoms with E-state index in [1.54, 1.807) is 0 Å². The Morgan fingerprint density at radius 2 is 1.96 bits per heavy atom. The average molecular weight is 373 g/mol. The molecule has 0 bridgehead atoms. The van der Waals surface area contributed by atoms with Gasteiger partial charge in [0, 0.05) is 12.2 Å². The second-order valence-corrected chi connectivity index (χ2v) is 7.43. The normalized spacial score (nSPS) is 18.1. The van der Waals surface area contributed by atoms with Crippen molar-refractivity contribution in [2.45, 2.75) is 52.1 Å². The highest BCUT2D eigenvalue weighted by molar-refractivity contribution is 7.99. The zero-order chi connectivity index (χ0) is 19.0. The van der Waals surface area contributed by atoms with Gasteiger partial charge in [0.1, 0.15) is 12.1 Å². The van der Waals surface area contributed by atoms with Crippen LogP contribution in [-0.2, 0) is 19.2 Å². The Hall–Kier alpha value is -1.77. The van der Waals surface area contributed by atoms with Gasteiger partial charge in [0.25, 0.3) is 0 Å². The van der Waals surface area contributed by atoms with Crippen molar-refractivity contribution in [2.24, 2.45) is 5.92 Å². The van der Waals surface area contributed by atoms with Gasteiger partial charge in [-0.3, -0.25) is 14.4 Å². The van der Waals surface area contributed by atoms with Gasteiger partial charge < -0.3 is 20.6 Å². The molecular weight excluding hydrogens is 346 g/mol. The Bertz CT molecular complexity index is 512. The highest BCUT2D eigenvalue weighted by Crippen LogP contribution is 2.22. The first-order valence-corrected chi connectivity index (χ1v) is 9.58. The molecule has 0 aromatic heterocycles. The number of carbonyl (C=O) groups excluding carboxylic acids is 3. The van der Waals surface area contributed by atoms with E-state index < -0.39 is 24.0 Å². The predicted molar refractivity (Wildman–Crippen MR) is 94.9 cm³/mol. The fourth-order valence-electron chi connectivity index (χ4n) is 2.49. The summed E-state index contributed by atoms with van der Waals surface area (Å²) in [4.78, 5) is 48.8. The van der Waals surface area contributed by atoms with E-state index in [0.717, 1.165) is 0 Å². The lowest BCUT2D eigenvalue weighted by atomic mass is 10.0. The average Bonchev–Trinajstić information content (AvgIpc) is 3.01. The van der Waals surface area contributed by atoms with E-state index in [-0.39, 0.29) is 24.3 Å². The fraction of sp³-hybridized carbons (Fsp3) is 0.750. The van der Waals surface area contributed by atoms with E-state index >= 15 is 0 Å². The van der Waals surface area contributed by atoms with Gasteiger partial charge in [0.15, 0.2) is 0 Å². The Balaban J connectivity index is 2.50. The number of hydrogen-bond acceptors (Lipinski definition) is 5. The van der Waals surface area contributed by atoms with Gasteiger partial charge in [-0.1, -0.05) is 20.8 Å². The third-order valence-electron chi connectivity index (χ3n) is 3.73. The second-order valence-electron chi connectivity index (χ2n) is 6.43. The van der Waals surface area contributed by atoms with Crippen LogP contribution in [0.5, 0.6) is 0 Å². The number of thioether (sulfide) groups is 1. The molecule has 0 aliphatic carbocycles. The minimum Gasteiger partial charge on any atom is -0.480 e. The molecule has 9 heteroatoms. The summed E-state index contributed by atoms with van der Waals surface area (Å²) in [7, 11) is 0. The molecule has 0 spiro atoms. The number of hydrogen-bond donors (Lipinski definition) is 3. The molecule has 1 aliphatic heterocycles. The SMILES string of the molecule is CCCC(=O)N1CSCC1C(=O)NCC(=O)N[C@@H](CC(C)C)C(=O)O. The molecule has 142 valence electrons. The Labute approximate surface area is 152 Å². The first kappa shape index (κ1) is 21.3. The third kappa shape index (κ3) is 6.93. The summed E-state index contributed by atoms with van der Waals surface area (Å²) >= 11 is 1.49. The lowest BCUT2D eigenvalue weighted by Crippen LogP contribution is -2.51. The van der Waals surface area contributed by atoms with Crippen molar-refractivity contribution >= 4 is 35.5 Å². The quantitative estimate of drug-likeness (QED) is 0.539. The van der Waals surface area contributed by atoms with Crippen LogP contribution in [0.3, 0.4) is 0 Å². The summed E-state index contributed by atoms with van der Waals surface area (Å²) in [5, 5.41) is 14.0. The van der Waals surface area contributed by atoms with Crippen LogP contribution in [0.25, 0.3) is 0 Å². The lowest BCUT2D eigenvalue weighted by molar-refractivity contribution is -0.142. The van der Waals surface area contributed by atoms with Gasteiger partial charge in [-0.05, 0) is 18.8 Å². The van der Waals surface area contributed by atoms with E-state index in [1.165, 1.54) is 16.7 Å². The number of nitrogens with zero attached hydrogens (tertiary/aromatic N) is 1. The first-order chi connectivity index (χ1) is 11.8. The monoisotopic (exact) mass is 373 g/mol. The van der Waals surface area contributed by atoms with Gasteiger partial charge in [-0.15, -0.1) is 11.8 Å². The van der Waals surface area contributed by atoms with Gasteiger partial charge in [0.2, 0.25) is 17.7 Å². The third-order valence-corrected chi connectivity index (χ3v) is 4.74. The summed E-state index contributed by atoms with van der Waals surface area (Å²) in [5.41, 5.74) is 0. The van der Waals surface area contributed by atoms with Crippen molar-refractivity contribution in [3.8, 4) is 0 Å². The van der Waals surface area contributed by atoms with E-state index in [4.69, 9.17) is 5.11 Å². The second kappa shape index (κ2) is 10.3. The van der Waals surface area contributed by atoms with Crippen LogP contribution in [-0.4, -0.2) is 64.0 Å². The molecule has 3 N–H and O–H groups in total. The molecule has 1 aliphatic rings. The van der Waals surface area contributed by atoms with Crippen molar-refractivity contribution in [2.75, 3.05) is 18.2 Å². The molecule has 0 saturated carbocycles. The molecule has 0 aromatic rings. The van der Waals surface area contributed by atoms with Crippen LogP contribution >= 0.6 is 11.8 Å². The molecule has 1 saturated heterocycles. The van der Waals surface area contributed by atoms with Crippen LogP contribution in [0.15, 0.2) is 0 Å². The highest BCUT2D eigenvalue weighted by atomic mass is 32.2. The fourth-order valence-corrected chi connectivity index (χ4v) is 3.67. The zero-order valence-electron chi connectivity index (χ0n) is 14.9. The number of amides is 3. The van der Waals surface area contributed by atoms with Crippen LogP contribution in [0.4, 0.5) is 0 Å². The molecule has 3 amide bonds. The van der Waals surface area contributed by atoms with Crippen molar-refractivity contribution in [3.05, 3.63) is 0 Å². The van der Waals surface area contributed by atoms with E-state index in [0.29, 0.717) is 30.9 Å². The molecule has 1 fully saturated rings. The summed E-state index contributed by atoms with van der Waals surface area (Å²) in [5.74, 6) is -1.03. The first-order valence-electron chi connectivity index (χ1n) is 8.43. The van der Waals surface area contributed by atoms with Crippen LogP contribution in [0.1, 0.15) is 40.0 Å². The largest absolute Gasteiger partial charge is 0.480 e. The van der Waals surface area contributed by atoms with E-state index in [2.05, 4.69) is 10.6 Å². The van der Waals surface area contributed by atoms with Crippen LogP contribution in [0, 0.1) is 5.92 Å². The summed E-state index contributed by atoms with van der Waals surface area (Å²) in [6.07, 6.45) is 1.41. The smallest absolute Gasteiger partial charge is 0.326 e. The molecule has 1 unspecified atom stereocenters. The molecule has 25 heavy (non-hydrogen) atoms. The van der Waals surface area contributed by atoms with Crippen molar-refractivity contribution < 1.29 is 24.3 Å². The van der Waals surface area contributed by atoms with Gasteiger partial charge >= 0.3 is 5.97 Å². The Morgan fingerprint density at radius 1 is 1.28 bits per heavy atom. The number of nitrogens with one attached hydrogen (secondary N) is 2. The van der Waals surface area contributed by atoms with Crippen molar-refractivity contribution in [1.29, 1.82) is 0 Å². The Morgan fingerprint density at radius 3 is 2.52 bits per heavy atom. The molecule has 8 nitrogen and oxygen atoms in total. The zero-order valence-corrected chi connectivity index (χ0v) is 15.7. The standard InChI is InChI=1S/C16H27N3O5S/c1-4-5-14(21)19-9-25-8-12(19)15(22)17-7-13(20)18-11(16(23)24)6-10(2)3/h10-12H,4-9H2,1-3H3,(H,17,22)(H,18,20)(H,23,24)/t11-,12?/m0/s1. The summed E-state index contributed by atoms with van der Waals surface area (Å²) < 4.78 is 0. The lowest BCUT2D eigenvalue weighted by Gasteiger charge is -2.23. The van der Waals surface area contributed by atoms with E-state index in [1.807, 2.05) is 20.8 Å². The molecule has 0 aromatic carbocycles. The number of carboxylic acids is 1. The van der Waals surface area contributed by atoms with Crippen LogP contribution < -0.4 is 10.6 Å². The van der Waals surface area contributed by atoms with Crippen molar-refractivity contribution in [3.63, 3.8) is 0 Å². The van der Waals surface area contributed by atoms with E-state index in [9.17, 15) is 19.2 Å².